The van der Waals surface area contributed by atoms with Crippen LogP contribution in [0, 0.1) is 13.8 Å². The lowest BCUT2D eigenvalue weighted by molar-refractivity contribution is 0.207. The highest BCUT2D eigenvalue weighted by Gasteiger charge is 2.33. The van der Waals surface area contributed by atoms with Crippen LogP contribution in [-0.4, -0.2) is 27.7 Å². The van der Waals surface area contributed by atoms with E-state index in [4.69, 9.17) is 11.6 Å². The Morgan fingerprint density at radius 2 is 2.27 bits per heavy atom. The van der Waals surface area contributed by atoms with E-state index in [0.717, 1.165) is 36.3 Å². The average Bonchev–Trinajstić information content (AvgIpc) is 3.05. The van der Waals surface area contributed by atoms with Crippen LogP contribution in [0.3, 0.4) is 0 Å². The van der Waals surface area contributed by atoms with Crippen LogP contribution in [0.2, 0.25) is 5.02 Å². The Bertz CT molecular complexity index is 678. The average molecular weight is 319 g/mol. The highest BCUT2D eigenvalue weighted by atomic mass is 35.5. The SMILES string of the molecule is Cc1n[nH]c(C)c1[C@@H]1CCCN1C(=O)Nc1cccc(Cl)c1. The van der Waals surface area contributed by atoms with Gasteiger partial charge in [0.25, 0.3) is 0 Å². The van der Waals surface area contributed by atoms with Gasteiger partial charge in [0.15, 0.2) is 0 Å². The highest BCUT2D eigenvalue weighted by Crippen LogP contribution is 2.35. The number of carbonyl (C=O) groups is 1. The molecule has 116 valence electrons. The molecule has 1 saturated heterocycles. The largest absolute Gasteiger partial charge is 0.322 e. The molecule has 0 spiro atoms. The zero-order valence-corrected chi connectivity index (χ0v) is 13.4. The zero-order chi connectivity index (χ0) is 15.7. The lowest BCUT2D eigenvalue weighted by Gasteiger charge is -2.25. The number of anilines is 1. The third-order valence-corrected chi connectivity index (χ3v) is 4.34. The number of H-pyrrole nitrogens is 1. The van der Waals surface area contributed by atoms with Crippen LogP contribution in [0.5, 0.6) is 0 Å². The second kappa shape index (κ2) is 6.01. The van der Waals surface area contributed by atoms with Crippen molar-refractivity contribution in [1.82, 2.24) is 15.1 Å². The monoisotopic (exact) mass is 318 g/mol. The Morgan fingerprint density at radius 3 is 2.95 bits per heavy atom. The fraction of sp³-hybridized carbons (Fsp3) is 0.375. The van der Waals surface area contributed by atoms with Gasteiger partial charge in [-0.05, 0) is 44.9 Å². The molecule has 2 aromatic rings. The molecule has 3 rings (SSSR count). The molecular formula is C16H19ClN4O. The number of carbonyl (C=O) groups excluding carboxylic acids is 1. The van der Waals surface area contributed by atoms with Crippen molar-refractivity contribution in [1.29, 1.82) is 0 Å². The molecule has 1 aromatic heterocycles. The number of nitrogens with one attached hydrogen (secondary N) is 2. The molecule has 2 heterocycles. The minimum Gasteiger partial charge on any atom is -0.317 e. The number of aromatic nitrogens is 2. The van der Waals surface area contributed by atoms with Crippen LogP contribution >= 0.6 is 11.6 Å². The molecule has 22 heavy (non-hydrogen) atoms. The third-order valence-electron chi connectivity index (χ3n) is 4.11. The molecule has 1 aliphatic rings. The number of halogens is 1. The quantitative estimate of drug-likeness (QED) is 0.877. The van der Waals surface area contributed by atoms with Gasteiger partial charge in [0.1, 0.15) is 0 Å². The summed E-state index contributed by atoms with van der Waals surface area (Å²) in [5, 5.41) is 10.8. The molecule has 1 fully saturated rings. The van der Waals surface area contributed by atoms with Crippen molar-refractivity contribution in [2.75, 3.05) is 11.9 Å². The van der Waals surface area contributed by atoms with Gasteiger partial charge in [-0.25, -0.2) is 4.79 Å². The molecule has 0 unspecified atom stereocenters. The number of urea groups is 1. The van der Waals surface area contributed by atoms with Crippen LogP contribution < -0.4 is 5.32 Å². The molecule has 1 atom stereocenters. The topological polar surface area (TPSA) is 61.0 Å². The van der Waals surface area contributed by atoms with Gasteiger partial charge in [0, 0.05) is 28.5 Å². The molecule has 0 aliphatic carbocycles. The first-order valence-corrected chi connectivity index (χ1v) is 7.78. The van der Waals surface area contributed by atoms with Crippen molar-refractivity contribution in [2.45, 2.75) is 32.7 Å². The Balaban J connectivity index is 1.80. The molecule has 0 bridgehead atoms. The van der Waals surface area contributed by atoms with Crippen molar-refractivity contribution in [3.63, 3.8) is 0 Å². The van der Waals surface area contributed by atoms with Gasteiger partial charge in [0.2, 0.25) is 0 Å². The lowest BCUT2D eigenvalue weighted by Crippen LogP contribution is -2.34. The minimum atomic E-state index is -0.0928. The summed E-state index contributed by atoms with van der Waals surface area (Å²) in [4.78, 5) is 14.5. The van der Waals surface area contributed by atoms with Gasteiger partial charge in [-0.3, -0.25) is 5.10 Å². The maximum Gasteiger partial charge on any atom is 0.322 e. The summed E-state index contributed by atoms with van der Waals surface area (Å²) in [6.07, 6.45) is 1.96. The van der Waals surface area contributed by atoms with Crippen molar-refractivity contribution in [3.05, 3.63) is 46.2 Å². The van der Waals surface area contributed by atoms with E-state index in [1.54, 1.807) is 12.1 Å². The summed E-state index contributed by atoms with van der Waals surface area (Å²) in [5.41, 5.74) is 3.84. The van der Waals surface area contributed by atoms with Crippen LogP contribution in [0.4, 0.5) is 10.5 Å². The molecule has 2 amide bonds. The summed E-state index contributed by atoms with van der Waals surface area (Å²) < 4.78 is 0. The number of aromatic amines is 1. The summed E-state index contributed by atoms with van der Waals surface area (Å²) in [6, 6.07) is 7.18. The minimum absolute atomic E-state index is 0.0814. The second-order valence-corrected chi connectivity index (χ2v) is 6.08. The standard InChI is InChI=1S/C16H19ClN4O/c1-10-15(11(2)20-19-10)14-7-4-8-21(14)16(22)18-13-6-3-5-12(17)9-13/h3,5-6,9,14H,4,7-8H2,1-2H3,(H,18,22)(H,19,20)/t14-/m0/s1. The smallest absolute Gasteiger partial charge is 0.317 e. The van der Waals surface area contributed by atoms with Crippen molar-refractivity contribution in [3.8, 4) is 0 Å². The van der Waals surface area contributed by atoms with Gasteiger partial charge in [-0.2, -0.15) is 5.10 Å². The van der Waals surface area contributed by atoms with E-state index in [1.165, 1.54) is 0 Å². The summed E-state index contributed by atoms with van der Waals surface area (Å²) >= 11 is 5.96. The van der Waals surface area contributed by atoms with Crippen LogP contribution in [0.15, 0.2) is 24.3 Å². The summed E-state index contributed by atoms with van der Waals surface area (Å²) in [7, 11) is 0. The van der Waals surface area contributed by atoms with Gasteiger partial charge >= 0.3 is 6.03 Å². The fourth-order valence-corrected chi connectivity index (χ4v) is 3.31. The predicted octanol–water partition coefficient (Wildman–Crippen LogP) is 4.05. The van der Waals surface area contributed by atoms with Gasteiger partial charge in [-0.15, -0.1) is 0 Å². The number of benzene rings is 1. The number of likely N-dealkylation sites (tertiary alicyclic amines) is 1. The van der Waals surface area contributed by atoms with Gasteiger partial charge in [-0.1, -0.05) is 17.7 Å². The first-order chi connectivity index (χ1) is 10.6. The van der Waals surface area contributed by atoms with Crippen molar-refractivity contribution < 1.29 is 4.79 Å². The maximum atomic E-state index is 12.6. The fourth-order valence-electron chi connectivity index (χ4n) is 3.12. The number of rotatable bonds is 2. The van der Waals surface area contributed by atoms with E-state index in [2.05, 4.69) is 15.5 Å². The second-order valence-electron chi connectivity index (χ2n) is 5.64. The zero-order valence-electron chi connectivity index (χ0n) is 12.7. The molecule has 6 heteroatoms. The molecule has 1 aromatic carbocycles. The maximum absolute atomic E-state index is 12.6. The van der Waals surface area contributed by atoms with Crippen molar-refractivity contribution in [2.24, 2.45) is 0 Å². The first kappa shape index (κ1) is 14.9. The Labute approximate surface area is 134 Å². The highest BCUT2D eigenvalue weighted by molar-refractivity contribution is 6.30. The van der Waals surface area contributed by atoms with Crippen LogP contribution in [-0.2, 0) is 0 Å². The molecule has 2 N–H and O–H groups in total. The molecular weight excluding hydrogens is 300 g/mol. The number of amides is 2. The molecule has 1 aliphatic heterocycles. The van der Waals surface area contributed by atoms with E-state index in [0.29, 0.717) is 10.7 Å². The van der Waals surface area contributed by atoms with E-state index in [1.807, 2.05) is 30.9 Å². The number of nitrogens with zero attached hydrogens (tertiary/aromatic N) is 2. The van der Waals surface area contributed by atoms with Crippen molar-refractivity contribution >= 4 is 23.3 Å². The number of hydrogen-bond acceptors (Lipinski definition) is 2. The van der Waals surface area contributed by atoms with Gasteiger partial charge < -0.3 is 10.2 Å². The molecule has 5 nitrogen and oxygen atoms in total. The van der Waals surface area contributed by atoms with E-state index >= 15 is 0 Å². The van der Waals surface area contributed by atoms with Crippen LogP contribution in [0.1, 0.15) is 35.8 Å². The Hall–Kier alpha value is -2.01. The van der Waals surface area contributed by atoms with Crippen LogP contribution in [0.25, 0.3) is 0 Å². The van der Waals surface area contributed by atoms with E-state index < -0.39 is 0 Å². The predicted molar refractivity (Wildman–Crippen MR) is 87.2 cm³/mol. The molecule has 0 radical (unpaired) electrons. The number of aryl methyl sites for hydroxylation is 2. The van der Waals surface area contributed by atoms with E-state index in [-0.39, 0.29) is 12.1 Å². The first-order valence-electron chi connectivity index (χ1n) is 7.41. The Morgan fingerprint density at radius 1 is 1.45 bits per heavy atom. The number of hydrogen-bond donors (Lipinski definition) is 2. The van der Waals surface area contributed by atoms with Gasteiger partial charge in [0.05, 0.1) is 11.7 Å². The van der Waals surface area contributed by atoms with E-state index in [9.17, 15) is 4.79 Å². The summed E-state index contributed by atoms with van der Waals surface area (Å²) in [6.45, 7) is 4.73. The Kier molecular flexibility index (Phi) is 4.07. The third kappa shape index (κ3) is 2.81. The normalized spacial score (nSPS) is 17.8. The molecule has 0 saturated carbocycles. The summed E-state index contributed by atoms with van der Waals surface area (Å²) in [5.74, 6) is 0. The lowest BCUT2D eigenvalue weighted by atomic mass is 10.0.